The average Bonchev–Trinajstić information content (AvgIpc) is 3.34. The molecule has 1 aliphatic heterocycles. The Kier molecular flexibility index (Phi) is 6.39. The zero-order chi connectivity index (χ0) is 24.2. The van der Waals surface area contributed by atoms with Crippen molar-refractivity contribution in [1.29, 1.82) is 0 Å². The molecule has 3 aromatic carbocycles. The van der Waals surface area contributed by atoms with E-state index in [0.29, 0.717) is 29.4 Å². The molecule has 0 radical (unpaired) electrons. The topological polar surface area (TPSA) is 68.6 Å². The van der Waals surface area contributed by atoms with Crippen molar-refractivity contribution in [3.05, 3.63) is 101 Å². The smallest absolute Gasteiger partial charge is 0.256 e. The summed E-state index contributed by atoms with van der Waals surface area (Å²) in [6.45, 7) is 2.28. The number of amides is 1. The Hall–Kier alpha value is -4.26. The number of fused-ring (bicyclic) bond motifs is 1. The summed E-state index contributed by atoms with van der Waals surface area (Å²) in [5.41, 5.74) is 5.40. The van der Waals surface area contributed by atoms with Crippen molar-refractivity contribution in [1.82, 2.24) is 9.78 Å². The highest BCUT2D eigenvalue weighted by atomic mass is 16.5. The van der Waals surface area contributed by atoms with Crippen molar-refractivity contribution in [3.63, 3.8) is 0 Å². The number of carbonyl (C=O) groups excluding carboxylic acids is 1. The molecule has 0 saturated carbocycles. The number of nitrogens with zero attached hydrogens (tertiary/aromatic N) is 3. The van der Waals surface area contributed by atoms with Gasteiger partial charge in [0.05, 0.1) is 27.0 Å². The third-order valence-electron chi connectivity index (χ3n) is 6.39. The number of benzene rings is 3. The zero-order valence-corrected chi connectivity index (χ0v) is 19.9. The van der Waals surface area contributed by atoms with E-state index in [-0.39, 0.29) is 5.91 Å². The Morgan fingerprint density at radius 1 is 0.943 bits per heavy atom. The van der Waals surface area contributed by atoms with Crippen LogP contribution in [0, 0.1) is 0 Å². The maximum Gasteiger partial charge on any atom is 0.256 e. The lowest BCUT2D eigenvalue weighted by Crippen LogP contribution is -2.30. The maximum atomic E-state index is 13.0. The lowest BCUT2D eigenvalue weighted by molar-refractivity contribution is 0.102. The molecule has 1 aliphatic rings. The fourth-order valence-electron chi connectivity index (χ4n) is 4.53. The van der Waals surface area contributed by atoms with E-state index < -0.39 is 0 Å². The predicted molar refractivity (Wildman–Crippen MR) is 136 cm³/mol. The summed E-state index contributed by atoms with van der Waals surface area (Å²) >= 11 is 0. The van der Waals surface area contributed by atoms with Gasteiger partial charge in [0.25, 0.3) is 5.91 Å². The van der Waals surface area contributed by atoms with Crippen molar-refractivity contribution < 1.29 is 14.3 Å². The number of hydrogen-bond donors (Lipinski definition) is 1. The number of hydrogen-bond acceptors (Lipinski definition) is 5. The molecular weight excluding hydrogens is 440 g/mol. The summed E-state index contributed by atoms with van der Waals surface area (Å²) in [5, 5.41) is 7.36. The lowest BCUT2D eigenvalue weighted by Gasteiger charge is -2.30. The zero-order valence-electron chi connectivity index (χ0n) is 19.9. The maximum absolute atomic E-state index is 13.0. The van der Waals surface area contributed by atoms with Gasteiger partial charge in [-0.2, -0.15) is 5.10 Å². The number of methoxy groups -OCH3 is 2. The molecular formula is C28H28N4O3. The van der Waals surface area contributed by atoms with Crippen LogP contribution in [0.5, 0.6) is 11.5 Å². The van der Waals surface area contributed by atoms with Crippen molar-refractivity contribution in [2.24, 2.45) is 0 Å². The van der Waals surface area contributed by atoms with Crippen LogP contribution >= 0.6 is 0 Å². The van der Waals surface area contributed by atoms with Gasteiger partial charge in [-0.15, -0.1) is 0 Å². The molecule has 7 heteroatoms. The molecule has 5 rings (SSSR count). The molecule has 0 unspecified atom stereocenters. The largest absolute Gasteiger partial charge is 0.493 e. The van der Waals surface area contributed by atoms with E-state index in [0.717, 1.165) is 30.8 Å². The van der Waals surface area contributed by atoms with E-state index in [9.17, 15) is 4.79 Å². The van der Waals surface area contributed by atoms with E-state index in [1.54, 1.807) is 31.2 Å². The average molecular weight is 469 g/mol. The second kappa shape index (κ2) is 9.93. The van der Waals surface area contributed by atoms with Gasteiger partial charge in [-0.3, -0.25) is 4.79 Å². The van der Waals surface area contributed by atoms with Crippen LogP contribution in [0.2, 0.25) is 0 Å². The monoisotopic (exact) mass is 468 g/mol. The van der Waals surface area contributed by atoms with Gasteiger partial charge < -0.3 is 19.7 Å². The fourth-order valence-corrected chi connectivity index (χ4v) is 4.53. The van der Waals surface area contributed by atoms with Crippen LogP contribution in [-0.2, 0) is 19.5 Å². The van der Waals surface area contributed by atoms with Crippen molar-refractivity contribution >= 4 is 17.4 Å². The van der Waals surface area contributed by atoms with Crippen LogP contribution in [0.15, 0.2) is 79.0 Å². The van der Waals surface area contributed by atoms with Gasteiger partial charge in [0.15, 0.2) is 11.5 Å². The van der Waals surface area contributed by atoms with Gasteiger partial charge >= 0.3 is 0 Å². The Morgan fingerprint density at radius 3 is 2.51 bits per heavy atom. The molecule has 0 aliphatic carbocycles. The van der Waals surface area contributed by atoms with Gasteiger partial charge in [-0.1, -0.05) is 36.4 Å². The molecule has 2 heterocycles. The van der Waals surface area contributed by atoms with E-state index >= 15 is 0 Å². The number of para-hydroxylation sites is 1. The van der Waals surface area contributed by atoms with Crippen LogP contribution in [-0.4, -0.2) is 36.5 Å². The molecule has 4 aromatic rings. The number of ether oxygens (including phenoxy) is 2. The quantitative estimate of drug-likeness (QED) is 0.423. The molecule has 35 heavy (non-hydrogen) atoms. The van der Waals surface area contributed by atoms with E-state index in [2.05, 4.69) is 39.6 Å². The Bertz CT molecular complexity index is 1330. The molecule has 178 valence electrons. The van der Waals surface area contributed by atoms with Crippen LogP contribution in [0.1, 0.15) is 27.0 Å². The normalized spacial score (nSPS) is 12.7. The third kappa shape index (κ3) is 4.71. The molecule has 1 aromatic heterocycles. The third-order valence-corrected chi connectivity index (χ3v) is 6.39. The van der Waals surface area contributed by atoms with E-state index in [4.69, 9.17) is 9.47 Å². The number of carbonyl (C=O) groups is 1. The first-order chi connectivity index (χ1) is 17.2. The summed E-state index contributed by atoms with van der Waals surface area (Å²) < 4.78 is 12.7. The fraction of sp³-hybridized carbons (Fsp3) is 0.214. The first-order valence-corrected chi connectivity index (χ1v) is 11.6. The minimum absolute atomic E-state index is 0.181. The van der Waals surface area contributed by atoms with Gasteiger partial charge in [-0.05, 0) is 47.9 Å². The Morgan fingerprint density at radius 2 is 1.74 bits per heavy atom. The highest BCUT2D eigenvalue weighted by Crippen LogP contribution is 2.31. The van der Waals surface area contributed by atoms with Gasteiger partial charge in [0, 0.05) is 36.0 Å². The van der Waals surface area contributed by atoms with Gasteiger partial charge in [0.1, 0.15) is 5.82 Å². The Balaban J connectivity index is 1.27. The molecule has 1 amide bonds. The minimum Gasteiger partial charge on any atom is -0.493 e. The summed E-state index contributed by atoms with van der Waals surface area (Å²) in [6.07, 6.45) is 2.69. The van der Waals surface area contributed by atoms with Crippen LogP contribution in [0.4, 0.5) is 11.5 Å². The summed E-state index contributed by atoms with van der Waals surface area (Å²) in [5.74, 6) is 1.73. The summed E-state index contributed by atoms with van der Waals surface area (Å²) in [7, 11) is 3.22. The second-order valence-electron chi connectivity index (χ2n) is 8.47. The first kappa shape index (κ1) is 22.5. The number of aromatic nitrogens is 2. The summed E-state index contributed by atoms with van der Waals surface area (Å²) in [4.78, 5) is 15.3. The van der Waals surface area contributed by atoms with Gasteiger partial charge in [0.2, 0.25) is 0 Å². The second-order valence-corrected chi connectivity index (χ2v) is 8.47. The summed E-state index contributed by atoms with van der Waals surface area (Å²) in [6, 6.07) is 23.8. The Labute approximate surface area is 204 Å². The van der Waals surface area contributed by atoms with E-state index in [1.807, 2.05) is 42.5 Å². The van der Waals surface area contributed by atoms with Crippen molar-refractivity contribution in [2.45, 2.75) is 19.5 Å². The lowest BCUT2D eigenvalue weighted by atomic mass is 9.99. The molecule has 0 bridgehead atoms. The number of rotatable bonds is 7. The number of nitrogens with one attached hydrogen (secondary N) is 1. The molecule has 0 spiro atoms. The van der Waals surface area contributed by atoms with Gasteiger partial charge in [-0.25, -0.2) is 4.68 Å². The van der Waals surface area contributed by atoms with Crippen molar-refractivity contribution in [3.8, 4) is 11.5 Å². The number of anilines is 2. The standard InChI is InChI=1S/C28H28N4O3/c1-34-25-9-5-8-23(27(25)35-2)19-32-26(14-16-29-32)30-28(33)21-10-12-24(13-11-21)31-17-15-20-6-3-4-7-22(20)18-31/h3-14,16H,15,17-19H2,1-2H3,(H,30,33). The molecule has 1 N–H and O–H groups in total. The predicted octanol–water partition coefficient (Wildman–Crippen LogP) is 4.76. The highest BCUT2D eigenvalue weighted by Gasteiger charge is 2.17. The molecule has 0 atom stereocenters. The van der Waals surface area contributed by atoms with Crippen LogP contribution < -0.4 is 19.7 Å². The highest BCUT2D eigenvalue weighted by molar-refractivity contribution is 6.04. The van der Waals surface area contributed by atoms with Crippen molar-refractivity contribution in [2.75, 3.05) is 31.0 Å². The first-order valence-electron chi connectivity index (χ1n) is 11.6. The van der Waals surface area contributed by atoms with E-state index in [1.165, 1.54) is 11.1 Å². The molecule has 0 saturated heterocycles. The minimum atomic E-state index is -0.181. The molecule has 0 fully saturated rings. The van der Waals surface area contributed by atoms with Crippen LogP contribution in [0.25, 0.3) is 0 Å². The van der Waals surface area contributed by atoms with Crippen LogP contribution in [0.3, 0.4) is 0 Å². The SMILES string of the molecule is COc1cccc(Cn2nccc2NC(=O)c2ccc(N3CCc4ccccc4C3)cc2)c1OC. The molecule has 7 nitrogen and oxygen atoms in total.